The number of fused-ring (bicyclic) bond motifs is 1. The van der Waals surface area contributed by atoms with Gasteiger partial charge in [0.15, 0.2) is 0 Å². The fraction of sp³-hybridized carbons (Fsp3) is 0.125. The molecule has 0 nitrogen and oxygen atoms in total. The van der Waals surface area contributed by atoms with Gasteiger partial charge in [0.2, 0.25) is 0 Å². The Balaban J connectivity index is 1.93. The highest BCUT2D eigenvalue weighted by Crippen LogP contribution is 2.39. The average molecular weight is 414 g/mol. The number of alkyl halides is 1. The summed E-state index contributed by atoms with van der Waals surface area (Å²) < 4.78 is 15.6. The predicted octanol–water partition coefficient (Wildman–Crippen LogP) is 6.48. The molecule has 0 amide bonds. The lowest BCUT2D eigenvalue weighted by atomic mass is 10.0. The largest absolute Gasteiger partial charge is 0.207 e. The van der Waals surface area contributed by atoms with Crippen molar-refractivity contribution in [3.63, 3.8) is 0 Å². The number of hydrogen-bond acceptors (Lipinski definition) is 1. The maximum Gasteiger partial charge on any atom is 0.123 e. The minimum absolute atomic E-state index is 0.180. The van der Waals surface area contributed by atoms with Crippen LogP contribution in [0.15, 0.2) is 52.3 Å². The van der Waals surface area contributed by atoms with Gasteiger partial charge in [-0.05, 0) is 62.4 Å². The topological polar surface area (TPSA) is 0 Å². The van der Waals surface area contributed by atoms with Crippen LogP contribution in [0.1, 0.15) is 16.0 Å². The van der Waals surface area contributed by atoms with Gasteiger partial charge in [-0.25, -0.2) is 4.39 Å². The van der Waals surface area contributed by atoms with Crippen LogP contribution in [-0.4, -0.2) is 0 Å². The molecule has 20 heavy (non-hydrogen) atoms. The molecule has 0 radical (unpaired) electrons. The van der Waals surface area contributed by atoms with Crippen LogP contribution >= 0.6 is 43.2 Å². The SMILES string of the molecule is Fc1cccc(CC(Br)c2csc3c(Br)cccc23)c1. The molecule has 0 aliphatic rings. The number of rotatable bonds is 3. The summed E-state index contributed by atoms with van der Waals surface area (Å²) in [4.78, 5) is 0.187. The van der Waals surface area contributed by atoms with Gasteiger partial charge in [0.25, 0.3) is 0 Å². The summed E-state index contributed by atoms with van der Waals surface area (Å²) in [5.74, 6) is -0.180. The third-order valence-corrected chi connectivity index (χ3v) is 6.01. The molecule has 2 aromatic carbocycles. The van der Waals surface area contributed by atoms with Crippen molar-refractivity contribution in [2.75, 3.05) is 0 Å². The molecule has 0 fully saturated rings. The van der Waals surface area contributed by atoms with E-state index in [1.165, 1.54) is 21.7 Å². The zero-order chi connectivity index (χ0) is 14.1. The summed E-state index contributed by atoms with van der Waals surface area (Å²) in [6, 6.07) is 13.0. The Morgan fingerprint density at radius 1 is 1.15 bits per heavy atom. The van der Waals surface area contributed by atoms with E-state index in [1.807, 2.05) is 12.1 Å². The molecule has 1 unspecified atom stereocenters. The second-order valence-corrected chi connectivity index (χ2v) is 7.45. The second-order valence-electron chi connectivity index (χ2n) is 4.61. The van der Waals surface area contributed by atoms with Crippen molar-refractivity contribution in [2.45, 2.75) is 11.2 Å². The first-order valence-electron chi connectivity index (χ1n) is 6.19. The number of halogens is 3. The zero-order valence-electron chi connectivity index (χ0n) is 10.4. The van der Waals surface area contributed by atoms with Crippen LogP contribution in [0.25, 0.3) is 10.1 Å². The van der Waals surface area contributed by atoms with Gasteiger partial charge in [0.05, 0.1) is 0 Å². The Labute approximate surface area is 137 Å². The van der Waals surface area contributed by atoms with E-state index in [0.717, 1.165) is 16.5 Å². The predicted molar refractivity (Wildman–Crippen MR) is 91.3 cm³/mol. The van der Waals surface area contributed by atoms with Gasteiger partial charge in [-0.3, -0.25) is 0 Å². The monoisotopic (exact) mass is 412 g/mol. The van der Waals surface area contributed by atoms with E-state index in [4.69, 9.17) is 0 Å². The van der Waals surface area contributed by atoms with Gasteiger partial charge in [-0.2, -0.15) is 0 Å². The molecule has 0 spiro atoms. The summed E-state index contributed by atoms with van der Waals surface area (Å²) in [7, 11) is 0. The first kappa shape index (κ1) is 14.2. The maximum atomic E-state index is 13.2. The van der Waals surface area contributed by atoms with Crippen LogP contribution < -0.4 is 0 Å². The van der Waals surface area contributed by atoms with Crippen LogP contribution in [0.4, 0.5) is 4.39 Å². The molecule has 0 N–H and O–H groups in total. The van der Waals surface area contributed by atoms with Gasteiger partial charge >= 0.3 is 0 Å². The van der Waals surface area contributed by atoms with Crippen molar-refractivity contribution in [2.24, 2.45) is 0 Å². The summed E-state index contributed by atoms with van der Waals surface area (Å²) >= 11 is 9.05. The quantitative estimate of drug-likeness (QED) is 0.431. The van der Waals surface area contributed by atoms with Crippen LogP contribution in [-0.2, 0) is 6.42 Å². The average Bonchev–Trinajstić information content (AvgIpc) is 2.84. The van der Waals surface area contributed by atoms with Gasteiger partial charge in [0.1, 0.15) is 5.82 Å². The zero-order valence-corrected chi connectivity index (χ0v) is 14.4. The fourth-order valence-corrected chi connectivity index (χ4v) is 4.87. The highest BCUT2D eigenvalue weighted by Gasteiger charge is 2.15. The number of hydrogen-bond donors (Lipinski definition) is 0. The molecule has 0 saturated heterocycles. The van der Waals surface area contributed by atoms with E-state index in [0.29, 0.717) is 0 Å². The Kier molecular flexibility index (Phi) is 4.24. The number of benzene rings is 2. The first-order chi connectivity index (χ1) is 9.65. The molecule has 3 rings (SSSR count). The molecular formula is C16H11Br2FS. The Morgan fingerprint density at radius 3 is 2.75 bits per heavy atom. The molecule has 0 aliphatic heterocycles. The van der Waals surface area contributed by atoms with Crippen molar-refractivity contribution < 1.29 is 4.39 Å². The summed E-state index contributed by atoms with van der Waals surface area (Å²) in [6.45, 7) is 0. The molecule has 4 heteroatoms. The lowest BCUT2D eigenvalue weighted by Crippen LogP contribution is -1.95. The smallest absolute Gasteiger partial charge is 0.123 e. The molecular weight excluding hydrogens is 403 g/mol. The summed E-state index contributed by atoms with van der Waals surface area (Å²) in [5.41, 5.74) is 2.26. The summed E-state index contributed by atoms with van der Waals surface area (Å²) in [5, 5.41) is 3.43. The Hall–Kier alpha value is -0.710. The fourth-order valence-electron chi connectivity index (χ4n) is 2.27. The van der Waals surface area contributed by atoms with Crippen LogP contribution in [0, 0.1) is 5.82 Å². The minimum atomic E-state index is -0.180. The second kappa shape index (κ2) is 5.96. The van der Waals surface area contributed by atoms with E-state index in [1.54, 1.807) is 23.5 Å². The normalized spacial score (nSPS) is 12.8. The molecule has 1 atom stereocenters. The first-order valence-corrected chi connectivity index (χ1v) is 8.78. The standard InChI is InChI=1S/C16H11Br2FS/c17-14-6-2-5-12-13(9-20-16(12)14)15(18)8-10-3-1-4-11(19)7-10/h1-7,9,15H,8H2. The van der Waals surface area contributed by atoms with Crippen LogP contribution in [0.5, 0.6) is 0 Å². The van der Waals surface area contributed by atoms with E-state index < -0.39 is 0 Å². The van der Waals surface area contributed by atoms with Gasteiger partial charge in [-0.15, -0.1) is 11.3 Å². The third-order valence-electron chi connectivity index (χ3n) is 3.22. The van der Waals surface area contributed by atoms with Crippen molar-refractivity contribution in [3.8, 4) is 0 Å². The van der Waals surface area contributed by atoms with E-state index in [9.17, 15) is 4.39 Å². The lowest BCUT2D eigenvalue weighted by Gasteiger charge is -2.09. The van der Waals surface area contributed by atoms with Crippen LogP contribution in [0.3, 0.4) is 0 Å². The van der Waals surface area contributed by atoms with Crippen molar-refractivity contribution >= 4 is 53.3 Å². The molecule has 0 aliphatic carbocycles. The van der Waals surface area contributed by atoms with Crippen LogP contribution in [0.2, 0.25) is 0 Å². The van der Waals surface area contributed by atoms with Gasteiger partial charge < -0.3 is 0 Å². The molecule has 1 heterocycles. The highest BCUT2D eigenvalue weighted by molar-refractivity contribution is 9.10. The Morgan fingerprint density at radius 2 is 1.95 bits per heavy atom. The molecule has 3 aromatic rings. The van der Waals surface area contributed by atoms with E-state index >= 15 is 0 Å². The van der Waals surface area contributed by atoms with E-state index in [-0.39, 0.29) is 10.6 Å². The molecule has 1 aromatic heterocycles. The molecule has 0 saturated carbocycles. The molecule has 0 bridgehead atoms. The van der Waals surface area contributed by atoms with Gasteiger partial charge in [-0.1, -0.05) is 40.2 Å². The Bertz CT molecular complexity index is 751. The number of thiophene rings is 1. The molecule has 102 valence electrons. The van der Waals surface area contributed by atoms with E-state index in [2.05, 4.69) is 49.4 Å². The highest BCUT2D eigenvalue weighted by atomic mass is 79.9. The third kappa shape index (κ3) is 2.83. The maximum absolute atomic E-state index is 13.2. The minimum Gasteiger partial charge on any atom is -0.207 e. The lowest BCUT2D eigenvalue weighted by molar-refractivity contribution is 0.625. The van der Waals surface area contributed by atoms with Crippen molar-refractivity contribution in [3.05, 3.63) is 69.3 Å². The van der Waals surface area contributed by atoms with Gasteiger partial charge in [0, 0.05) is 14.0 Å². The summed E-state index contributed by atoms with van der Waals surface area (Å²) in [6.07, 6.45) is 0.774. The van der Waals surface area contributed by atoms with Crippen molar-refractivity contribution in [1.82, 2.24) is 0 Å². The van der Waals surface area contributed by atoms with Crippen molar-refractivity contribution in [1.29, 1.82) is 0 Å².